The van der Waals surface area contributed by atoms with E-state index in [0.29, 0.717) is 11.6 Å². The fourth-order valence-electron chi connectivity index (χ4n) is 2.70. The van der Waals surface area contributed by atoms with Crippen LogP contribution >= 0.6 is 11.6 Å². The number of nitrogens with one attached hydrogen (secondary N) is 3. The molecule has 0 bridgehead atoms. The normalized spacial score (nSPS) is 15.0. The van der Waals surface area contributed by atoms with Crippen molar-refractivity contribution in [1.29, 1.82) is 0 Å². The van der Waals surface area contributed by atoms with Gasteiger partial charge in [0.25, 0.3) is 0 Å². The standard InChI is InChI=1S/C17H24ClN3O2/c18-14-8-6-13(7-9-14)10-11-19-16(22)12-20-17(23)21-15-4-2-1-3-5-15/h6-9,15H,1-5,10-12H2,(H,19,22)(H2,20,21,23). The van der Waals surface area contributed by atoms with Crippen LogP contribution in [0.2, 0.25) is 5.02 Å². The van der Waals surface area contributed by atoms with E-state index in [0.717, 1.165) is 37.7 Å². The topological polar surface area (TPSA) is 70.2 Å². The maximum atomic E-state index is 11.7. The molecule has 2 rings (SSSR count). The van der Waals surface area contributed by atoms with Gasteiger partial charge in [0.15, 0.2) is 0 Å². The second kappa shape index (κ2) is 9.40. The van der Waals surface area contributed by atoms with Gasteiger partial charge >= 0.3 is 6.03 Å². The largest absolute Gasteiger partial charge is 0.354 e. The van der Waals surface area contributed by atoms with Gasteiger partial charge < -0.3 is 16.0 Å². The van der Waals surface area contributed by atoms with E-state index in [1.165, 1.54) is 6.42 Å². The summed E-state index contributed by atoms with van der Waals surface area (Å²) in [4.78, 5) is 23.4. The SMILES string of the molecule is O=C(CNC(=O)NC1CCCCC1)NCCc1ccc(Cl)cc1. The molecule has 0 aliphatic heterocycles. The van der Waals surface area contributed by atoms with Gasteiger partial charge in [0.2, 0.25) is 5.91 Å². The van der Waals surface area contributed by atoms with E-state index >= 15 is 0 Å². The van der Waals surface area contributed by atoms with Gasteiger partial charge in [0, 0.05) is 17.6 Å². The summed E-state index contributed by atoms with van der Waals surface area (Å²) in [5.41, 5.74) is 1.11. The number of hydrogen-bond acceptors (Lipinski definition) is 2. The Kier molecular flexibility index (Phi) is 7.20. The Labute approximate surface area is 142 Å². The average molecular weight is 338 g/mol. The molecule has 1 aliphatic carbocycles. The second-order valence-electron chi connectivity index (χ2n) is 5.89. The monoisotopic (exact) mass is 337 g/mol. The molecule has 0 spiro atoms. The molecule has 1 saturated carbocycles. The number of rotatable bonds is 6. The van der Waals surface area contributed by atoms with Crippen molar-refractivity contribution in [2.75, 3.05) is 13.1 Å². The Morgan fingerprint density at radius 3 is 2.43 bits per heavy atom. The summed E-state index contributed by atoms with van der Waals surface area (Å²) in [6, 6.07) is 7.52. The van der Waals surface area contributed by atoms with E-state index in [-0.39, 0.29) is 24.5 Å². The highest BCUT2D eigenvalue weighted by atomic mass is 35.5. The fourth-order valence-corrected chi connectivity index (χ4v) is 2.83. The molecule has 1 fully saturated rings. The molecule has 0 aromatic heterocycles. The zero-order valence-electron chi connectivity index (χ0n) is 13.2. The van der Waals surface area contributed by atoms with Gasteiger partial charge in [0.1, 0.15) is 0 Å². The number of hydrogen-bond donors (Lipinski definition) is 3. The van der Waals surface area contributed by atoms with Crippen LogP contribution in [0.1, 0.15) is 37.7 Å². The third kappa shape index (κ3) is 6.91. The van der Waals surface area contributed by atoms with Crippen molar-refractivity contribution in [1.82, 2.24) is 16.0 Å². The van der Waals surface area contributed by atoms with Crippen molar-refractivity contribution in [3.63, 3.8) is 0 Å². The number of amides is 3. The molecule has 0 heterocycles. The number of carbonyl (C=O) groups is 2. The quantitative estimate of drug-likeness (QED) is 0.746. The molecule has 0 radical (unpaired) electrons. The van der Waals surface area contributed by atoms with Crippen LogP contribution in [0.5, 0.6) is 0 Å². The molecule has 3 amide bonds. The molecule has 6 heteroatoms. The van der Waals surface area contributed by atoms with E-state index in [9.17, 15) is 9.59 Å². The first-order valence-electron chi connectivity index (χ1n) is 8.19. The molecular formula is C17H24ClN3O2. The molecule has 126 valence electrons. The lowest BCUT2D eigenvalue weighted by molar-refractivity contribution is -0.120. The Hall–Kier alpha value is -1.75. The van der Waals surface area contributed by atoms with Crippen LogP contribution in [0.25, 0.3) is 0 Å². The van der Waals surface area contributed by atoms with Gasteiger partial charge in [-0.3, -0.25) is 4.79 Å². The number of urea groups is 1. The maximum absolute atomic E-state index is 11.7. The number of carbonyl (C=O) groups excluding carboxylic acids is 2. The van der Waals surface area contributed by atoms with Crippen LogP contribution in [0, 0.1) is 0 Å². The van der Waals surface area contributed by atoms with Crippen molar-refractivity contribution in [2.45, 2.75) is 44.6 Å². The van der Waals surface area contributed by atoms with Gasteiger partial charge in [-0.15, -0.1) is 0 Å². The Balaban J connectivity index is 1.57. The van der Waals surface area contributed by atoms with Crippen molar-refractivity contribution in [3.05, 3.63) is 34.9 Å². The molecule has 1 aromatic carbocycles. The molecule has 5 nitrogen and oxygen atoms in total. The zero-order chi connectivity index (χ0) is 16.5. The first-order chi connectivity index (χ1) is 11.1. The first kappa shape index (κ1) is 17.6. The van der Waals surface area contributed by atoms with Crippen LogP contribution in [0.15, 0.2) is 24.3 Å². The summed E-state index contributed by atoms with van der Waals surface area (Å²) in [7, 11) is 0. The third-order valence-electron chi connectivity index (χ3n) is 4.00. The predicted octanol–water partition coefficient (Wildman–Crippen LogP) is 2.63. The van der Waals surface area contributed by atoms with E-state index in [4.69, 9.17) is 11.6 Å². The smallest absolute Gasteiger partial charge is 0.315 e. The molecule has 1 aromatic rings. The van der Waals surface area contributed by atoms with Crippen molar-refractivity contribution >= 4 is 23.5 Å². The van der Waals surface area contributed by atoms with E-state index in [2.05, 4.69) is 16.0 Å². The van der Waals surface area contributed by atoms with Crippen LogP contribution < -0.4 is 16.0 Å². The molecule has 0 unspecified atom stereocenters. The van der Waals surface area contributed by atoms with E-state index < -0.39 is 0 Å². The van der Waals surface area contributed by atoms with Crippen LogP contribution in [-0.2, 0) is 11.2 Å². The number of halogens is 1. The lowest BCUT2D eigenvalue weighted by atomic mass is 9.96. The predicted molar refractivity (Wildman–Crippen MR) is 91.6 cm³/mol. The van der Waals surface area contributed by atoms with Crippen LogP contribution in [0.4, 0.5) is 4.79 Å². The van der Waals surface area contributed by atoms with Gasteiger partial charge in [-0.2, -0.15) is 0 Å². The third-order valence-corrected chi connectivity index (χ3v) is 4.25. The maximum Gasteiger partial charge on any atom is 0.315 e. The highest BCUT2D eigenvalue weighted by Gasteiger charge is 2.15. The van der Waals surface area contributed by atoms with Gasteiger partial charge in [-0.1, -0.05) is 43.0 Å². The summed E-state index contributed by atoms with van der Waals surface area (Å²) in [6.07, 6.45) is 6.36. The summed E-state index contributed by atoms with van der Waals surface area (Å²) in [6.45, 7) is 0.533. The van der Waals surface area contributed by atoms with Crippen LogP contribution in [0.3, 0.4) is 0 Å². The Bertz CT molecular complexity index is 513. The van der Waals surface area contributed by atoms with Crippen molar-refractivity contribution in [2.24, 2.45) is 0 Å². The van der Waals surface area contributed by atoms with E-state index in [1.807, 2.05) is 24.3 Å². The second-order valence-corrected chi connectivity index (χ2v) is 6.32. The van der Waals surface area contributed by atoms with E-state index in [1.54, 1.807) is 0 Å². The van der Waals surface area contributed by atoms with Gasteiger partial charge in [0.05, 0.1) is 6.54 Å². The molecule has 23 heavy (non-hydrogen) atoms. The summed E-state index contributed by atoms with van der Waals surface area (Å²) < 4.78 is 0. The molecular weight excluding hydrogens is 314 g/mol. The van der Waals surface area contributed by atoms with Gasteiger partial charge in [-0.25, -0.2) is 4.79 Å². The average Bonchev–Trinajstić information content (AvgIpc) is 2.56. The summed E-state index contributed by atoms with van der Waals surface area (Å²) in [5.74, 6) is -0.183. The fraction of sp³-hybridized carbons (Fsp3) is 0.529. The minimum absolute atomic E-state index is 0.000822. The lowest BCUT2D eigenvalue weighted by Crippen LogP contribution is -2.46. The van der Waals surface area contributed by atoms with Crippen LogP contribution in [-0.4, -0.2) is 31.1 Å². The molecule has 0 atom stereocenters. The molecule has 1 aliphatic rings. The van der Waals surface area contributed by atoms with Gasteiger partial charge in [-0.05, 0) is 37.0 Å². The first-order valence-corrected chi connectivity index (χ1v) is 8.57. The Morgan fingerprint density at radius 2 is 1.74 bits per heavy atom. The summed E-state index contributed by atoms with van der Waals surface area (Å²) >= 11 is 5.82. The summed E-state index contributed by atoms with van der Waals surface area (Å²) in [5, 5.41) is 9.02. The molecule has 3 N–H and O–H groups in total. The Morgan fingerprint density at radius 1 is 1.04 bits per heavy atom. The lowest BCUT2D eigenvalue weighted by Gasteiger charge is -2.22. The highest BCUT2D eigenvalue weighted by molar-refractivity contribution is 6.30. The zero-order valence-corrected chi connectivity index (χ0v) is 14.0. The van der Waals surface area contributed by atoms with Crippen molar-refractivity contribution < 1.29 is 9.59 Å². The van der Waals surface area contributed by atoms with Crippen molar-refractivity contribution in [3.8, 4) is 0 Å². The highest BCUT2D eigenvalue weighted by Crippen LogP contribution is 2.17. The molecule has 0 saturated heterocycles. The minimum Gasteiger partial charge on any atom is -0.354 e. The number of benzene rings is 1. The minimum atomic E-state index is -0.259.